The van der Waals surface area contributed by atoms with E-state index in [0.29, 0.717) is 11.1 Å². The number of thiazole rings is 1. The highest BCUT2D eigenvalue weighted by molar-refractivity contribution is 7.89. The third-order valence-electron chi connectivity index (χ3n) is 3.05. The zero-order chi connectivity index (χ0) is 15.5. The molecule has 0 aliphatic heterocycles. The molecular formula is C14H15N3O2S2. The van der Waals surface area contributed by atoms with Crippen molar-refractivity contribution in [2.24, 2.45) is 0 Å². The number of hydrogen-bond donors (Lipinski definition) is 1. The third-order valence-corrected chi connectivity index (χ3v) is 5.64. The number of hydrogen-bond acceptors (Lipinski definition) is 5. The van der Waals surface area contributed by atoms with Gasteiger partial charge in [0.15, 0.2) is 0 Å². The Kier molecular flexibility index (Phi) is 4.73. The molecule has 0 aliphatic rings. The van der Waals surface area contributed by atoms with Crippen LogP contribution in [0.3, 0.4) is 0 Å². The number of aryl methyl sites for hydroxylation is 1. The lowest BCUT2D eigenvalue weighted by Gasteiger charge is -2.12. The van der Waals surface area contributed by atoms with E-state index in [2.05, 4.69) is 9.71 Å². The van der Waals surface area contributed by atoms with Crippen LogP contribution >= 0.6 is 11.3 Å². The molecule has 7 heteroatoms. The van der Waals surface area contributed by atoms with E-state index in [4.69, 9.17) is 5.26 Å². The number of aromatic nitrogens is 1. The first-order chi connectivity index (χ1) is 9.94. The molecule has 110 valence electrons. The summed E-state index contributed by atoms with van der Waals surface area (Å²) in [5.74, 6) is 0.0125. The van der Waals surface area contributed by atoms with Crippen LogP contribution in [-0.2, 0) is 10.0 Å². The number of nitrogens with zero attached hydrogens (tertiary/aromatic N) is 2. The second-order valence-corrected chi connectivity index (χ2v) is 7.38. The second kappa shape index (κ2) is 6.35. The lowest BCUT2D eigenvalue weighted by Crippen LogP contribution is -2.28. The predicted octanol–water partition coefficient (Wildman–Crippen LogP) is 2.41. The molecule has 1 heterocycles. The van der Waals surface area contributed by atoms with Gasteiger partial charge in [0, 0.05) is 24.0 Å². The van der Waals surface area contributed by atoms with Gasteiger partial charge in [0.25, 0.3) is 0 Å². The summed E-state index contributed by atoms with van der Waals surface area (Å²) < 4.78 is 27.2. The lowest BCUT2D eigenvalue weighted by atomic mass is 10.2. The fourth-order valence-electron chi connectivity index (χ4n) is 1.90. The van der Waals surface area contributed by atoms with Crippen LogP contribution in [0.15, 0.2) is 34.7 Å². The SMILES string of the molecule is Cc1cc(C#N)ccc1S(=O)(=O)NCC(C)c1nccs1. The van der Waals surface area contributed by atoms with Gasteiger partial charge in [0.1, 0.15) is 0 Å². The predicted molar refractivity (Wildman–Crippen MR) is 81.6 cm³/mol. The van der Waals surface area contributed by atoms with E-state index in [-0.39, 0.29) is 17.4 Å². The van der Waals surface area contributed by atoms with Gasteiger partial charge in [-0.25, -0.2) is 18.1 Å². The first kappa shape index (κ1) is 15.6. The highest BCUT2D eigenvalue weighted by Crippen LogP contribution is 2.19. The van der Waals surface area contributed by atoms with Crippen molar-refractivity contribution in [1.29, 1.82) is 5.26 Å². The Labute approximate surface area is 128 Å². The van der Waals surface area contributed by atoms with Gasteiger partial charge in [-0.15, -0.1) is 11.3 Å². The summed E-state index contributed by atoms with van der Waals surface area (Å²) in [6.07, 6.45) is 1.70. The molecule has 2 aromatic rings. The molecule has 1 aromatic carbocycles. The normalized spacial score (nSPS) is 12.8. The van der Waals surface area contributed by atoms with Crippen molar-refractivity contribution in [2.45, 2.75) is 24.7 Å². The quantitative estimate of drug-likeness (QED) is 0.916. The molecule has 1 atom stereocenters. The summed E-state index contributed by atoms with van der Waals surface area (Å²) in [5, 5.41) is 11.6. The molecule has 0 saturated carbocycles. The average Bonchev–Trinajstić information content (AvgIpc) is 2.98. The van der Waals surface area contributed by atoms with Crippen LogP contribution in [0.5, 0.6) is 0 Å². The highest BCUT2D eigenvalue weighted by Gasteiger charge is 2.19. The first-order valence-corrected chi connectivity index (χ1v) is 8.70. The average molecular weight is 321 g/mol. The minimum absolute atomic E-state index is 0.0125. The molecule has 0 saturated heterocycles. The van der Waals surface area contributed by atoms with Crippen molar-refractivity contribution in [1.82, 2.24) is 9.71 Å². The van der Waals surface area contributed by atoms with Crippen LogP contribution in [0.25, 0.3) is 0 Å². The van der Waals surface area contributed by atoms with Crippen LogP contribution in [-0.4, -0.2) is 19.9 Å². The lowest BCUT2D eigenvalue weighted by molar-refractivity contribution is 0.574. The Hall–Kier alpha value is -1.75. The zero-order valence-electron chi connectivity index (χ0n) is 11.7. The molecule has 5 nitrogen and oxygen atoms in total. The van der Waals surface area contributed by atoms with Crippen molar-refractivity contribution in [3.63, 3.8) is 0 Å². The second-order valence-electron chi connectivity index (χ2n) is 4.72. The standard InChI is InChI=1S/C14H15N3O2S2/c1-10-7-12(8-15)3-4-13(10)21(18,19)17-9-11(2)14-16-5-6-20-14/h3-7,11,17H,9H2,1-2H3. The number of nitrogens with one attached hydrogen (secondary N) is 1. The fourth-order valence-corrected chi connectivity index (χ4v) is 3.95. The number of nitriles is 1. The maximum absolute atomic E-state index is 12.3. The number of rotatable bonds is 5. The molecule has 0 amide bonds. The van der Waals surface area contributed by atoms with Crippen LogP contribution in [0.4, 0.5) is 0 Å². The van der Waals surface area contributed by atoms with E-state index in [9.17, 15) is 8.42 Å². The van der Waals surface area contributed by atoms with Gasteiger partial charge in [-0.05, 0) is 30.7 Å². The zero-order valence-corrected chi connectivity index (χ0v) is 13.3. The van der Waals surface area contributed by atoms with Crippen LogP contribution in [0.1, 0.15) is 29.0 Å². The van der Waals surface area contributed by atoms with Gasteiger partial charge in [-0.1, -0.05) is 6.92 Å². The molecule has 0 spiro atoms. The Balaban J connectivity index is 2.14. The Bertz CT molecular complexity index is 762. The molecule has 1 unspecified atom stereocenters. The molecule has 0 radical (unpaired) electrons. The Morgan fingerprint density at radius 2 is 2.24 bits per heavy atom. The monoisotopic (exact) mass is 321 g/mol. The maximum Gasteiger partial charge on any atom is 0.240 e. The summed E-state index contributed by atoms with van der Waals surface area (Å²) in [4.78, 5) is 4.38. The van der Waals surface area contributed by atoms with Gasteiger partial charge < -0.3 is 0 Å². The van der Waals surface area contributed by atoms with Crippen LogP contribution in [0.2, 0.25) is 0 Å². The van der Waals surface area contributed by atoms with Crippen molar-refractivity contribution < 1.29 is 8.42 Å². The van der Waals surface area contributed by atoms with E-state index < -0.39 is 10.0 Å². The summed E-state index contributed by atoms with van der Waals surface area (Å²) in [5.41, 5.74) is 1.01. The first-order valence-electron chi connectivity index (χ1n) is 6.34. The van der Waals surface area contributed by atoms with Crippen molar-refractivity contribution >= 4 is 21.4 Å². The highest BCUT2D eigenvalue weighted by atomic mass is 32.2. The van der Waals surface area contributed by atoms with Gasteiger partial charge in [-0.2, -0.15) is 5.26 Å². The summed E-state index contributed by atoms with van der Waals surface area (Å²) in [7, 11) is -3.58. The van der Waals surface area contributed by atoms with Gasteiger partial charge in [-0.3, -0.25) is 0 Å². The smallest absolute Gasteiger partial charge is 0.240 e. The molecule has 21 heavy (non-hydrogen) atoms. The van der Waals surface area contributed by atoms with Crippen molar-refractivity contribution in [3.8, 4) is 6.07 Å². The topological polar surface area (TPSA) is 82.8 Å². The Morgan fingerprint density at radius 1 is 1.48 bits per heavy atom. The Morgan fingerprint density at radius 3 is 2.81 bits per heavy atom. The van der Waals surface area contributed by atoms with Crippen LogP contribution < -0.4 is 4.72 Å². The van der Waals surface area contributed by atoms with Crippen LogP contribution in [0, 0.1) is 18.3 Å². The largest absolute Gasteiger partial charge is 0.249 e. The maximum atomic E-state index is 12.3. The molecule has 1 aromatic heterocycles. The summed E-state index contributed by atoms with van der Waals surface area (Å²) >= 11 is 1.50. The van der Waals surface area contributed by atoms with Gasteiger partial charge in [0.2, 0.25) is 10.0 Å². The minimum atomic E-state index is -3.58. The summed E-state index contributed by atoms with van der Waals surface area (Å²) in [6.45, 7) is 3.89. The molecule has 1 N–H and O–H groups in total. The minimum Gasteiger partial charge on any atom is -0.249 e. The number of sulfonamides is 1. The molecular weight excluding hydrogens is 306 g/mol. The van der Waals surface area contributed by atoms with Gasteiger partial charge >= 0.3 is 0 Å². The van der Waals surface area contributed by atoms with E-state index in [1.165, 1.54) is 23.5 Å². The molecule has 0 fully saturated rings. The van der Waals surface area contributed by atoms with E-state index in [1.807, 2.05) is 18.4 Å². The van der Waals surface area contributed by atoms with E-state index in [0.717, 1.165) is 5.01 Å². The molecule has 2 rings (SSSR count). The molecule has 0 bridgehead atoms. The number of benzene rings is 1. The summed E-state index contributed by atoms with van der Waals surface area (Å²) in [6, 6.07) is 6.53. The van der Waals surface area contributed by atoms with E-state index in [1.54, 1.807) is 19.2 Å². The van der Waals surface area contributed by atoms with Crippen molar-refractivity contribution in [2.75, 3.05) is 6.54 Å². The fraction of sp³-hybridized carbons (Fsp3) is 0.286. The van der Waals surface area contributed by atoms with Gasteiger partial charge in [0.05, 0.1) is 21.5 Å². The van der Waals surface area contributed by atoms with E-state index >= 15 is 0 Å². The van der Waals surface area contributed by atoms with Crippen molar-refractivity contribution in [3.05, 3.63) is 45.9 Å². The molecule has 0 aliphatic carbocycles. The third kappa shape index (κ3) is 3.67.